The highest BCUT2D eigenvalue weighted by Crippen LogP contribution is 2.40. The van der Waals surface area contributed by atoms with Crippen molar-refractivity contribution < 1.29 is 28.9 Å². The van der Waals surface area contributed by atoms with Crippen LogP contribution in [0.3, 0.4) is 0 Å². The molecule has 0 bridgehead atoms. The van der Waals surface area contributed by atoms with Crippen molar-refractivity contribution in [1.29, 1.82) is 0 Å². The second-order valence-electron chi connectivity index (χ2n) is 5.74. The van der Waals surface area contributed by atoms with Gasteiger partial charge in [0, 0.05) is 6.42 Å². The average molecular weight is 373 g/mol. The van der Waals surface area contributed by atoms with E-state index in [0.717, 1.165) is 5.56 Å². The summed E-state index contributed by atoms with van der Waals surface area (Å²) < 4.78 is 16.0. The normalized spacial score (nSPS) is 11.4. The smallest absolute Gasteiger partial charge is 0.330 e. The van der Waals surface area contributed by atoms with Gasteiger partial charge in [0.15, 0.2) is 17.5 Å². The fourth-order valence-corrected chi connectivity index (χ4v) is 2.77. The summed E-state index contributed by atoms with van der Waals surface area (Å²) in [6, 6.07) is 11.0. The number of carbonyl (C=O) groups is 2. The Morgan fingerprint density at radius 2 is 1.63 bits per heavy atom. The first-order valence-corrected chi connectivity index (χ1v) is 8.36. The largest absolute Gasteiger partial charge is 0.493 e. The zero-order valence-electron chi connectivity index (χ0n) is 15.5. The van der Waals surface area contributed by atoms with Gasteiger partial charge < -0.3 is 24.6 Å². The Kier molecular flexibility index (Phi) is 7.05. The molecule has 1 unspecified atom stereocenters. The number of hydrogen-bond acceptors (Lipinski definition) is 5. The van der Waals surface area contributed by atoms with E-state index in [1.807, 2.05) is 0 Å². The molecule has 0 heterocycles. The van der Waals surface area contributed by atoms with Crippen molar-refractivity contribution >= 4 is 11.9 Å². The molecule has 0 radical (unpaired) electrons. The molecule has 0 spiro atoms. The van der Waals surface area contributed by atoms with Crippen LogP contribution in [-0.4, -0.2) is 38.3 Å². The van der Waals surface area contributed by atoms with Crippen molar-refractivity contribution in [3.63, 3.8) is 0 Å². The van der Waals surface area contributed by atoms with Crippen molar-refractivity contribution in [1.82, 2.24) is 5.32 Å². The van der Waals surface area contributed by atoms with Crippen molar-refractivity contribution in [2.24, 2.45) is 0 Å². The molecule has 7 nitrogen and oxygen atoms in total. The Balaban J connectivity index is 2.10. The third kappa shape index (κ3) is 4.91. The topological polar surface area (TPSA) is 94.1 Å². The van der Waals surface area contributed by atoms with E-state index in [1.165, 1.54) is 21.3 Å². The van der Waals surface area contributed by atoms with Crippen LogP contribution in [0.5, 0.6) is 17.2 Å². The lowest BCUT2D eigenvalue weighted by Crippen LogP contribution is -2.33. The fraction of sp³-hybridized carbons (Fsp3) is 0.300. The van der Waals surface area contributed by atoms with Gasteiger partial charge in [-0.2, -0.15) is 0 Å². The lowest BCUT2D eigenvalue weighted by molar-refractivity contribution is -0.142. The average Bonchev–Trinajstić information content (AvgIpc) is 2.69. The van der Waals surface area contributed by atoms with Crippen LogP contribution < -0.4 is 19.5 Å². The van der Waals surface area contributed by atoms with E-state index < -0.39 is 12.0 Å². The first kappa shape index (κ1) is 20.1. The zero-order valence-corrected chi connectivity index (χ0v) is 15.5. The van der Waals surface area contributed by atoms with Gasteiger partial charge >= 0.3 is 5.97 Å². The molecule has 1 amide bonds. The maximum absolute atomic E-state index is 12.3. The number of methoxy groups -OCH3 is 3. The highest BCUT2D eigenvalue weighted by molar-refractivity contribution is 5.84. The Labute approximate surface area is 157 Å². The highest BCUT2D eigenvalue weighted by atomic mass is 16.5. The van der Waals surface area contributed by atoms with E-state index >= 15 is 0 Å². The third-order valence-electron chi connectivity index (χ3n) is 4.09. The minimum Gasteiger partial charge on any atom is -0.493 e. The van der Waals surface area contributed by atoms with Gasteiger partial charge in [0.1, 0.15) is 0 Å². The number of amides is 1. The SMILES string of the molecule is COc1ccc(CCC(=O)NC(C(=O)O)c2ccccc2)c(OC)c1OC. The van der Waals surface area contributed by atoms with Crippen LogP contribution in [0.4, 0.5) is 0 Å². The molecule has 2 N–H and O–H groups in total. The summed E-state index contributed by atoms with van der Waals surface area (Å²) in [7, 11) is 4.55. The molecule has 0 aliphatic heterocycles. The minimum atomic E-state index is -1.11. The lowest BCUT2D eigenvalue weighted by atomic mass is 10.0. The summed E-state index contributed by atoms with van der Waals surface area (Å²) >= 11 is 0. The molecule has 0 aliphatic carbocycles. The second-order valence-corrected chi connectivity index (χ2v) is 5.74. The van der Waals surface area contributed by atoms with Crippen LogP contribution in [0.2, 0.25) is 0 Å². The number of nitrogens with one attached hydrogen (secondary N) is 1. The molecular formula is C20H23NO6. The molecule has 0 aliphatic rings. The molecule has 27 heavy (non-hydrogen) atoms. The molecule has 144 valence electrons. The molecule has 0 saturated heterocycles. The van der Waals surface area contributed by atoms with Crippen LogP contribution in [0.15, 0.2) is 42.5 Å². The molecule has 0 fully saturated rings. The third-order valence-corrected chi connectivity index (χ3v) is 4.09. The summed E-state index contributed by atoms with van der Waals surface area (Å²) in [6.45, 7) is 0. The number of benzene rings is 2. The fourth-order valence-electron chi connectivity index (χ4n) is 2.77. The Bertz CT molecular complexity index is 791. The van der Waals surface area contributed by atoms with E-state index in [1.54, 1.807) is 42.5 Å². The summed E-state index contributed by atoms with van der Waals surface area (Å²) in [5.41, 5.74) is 1.28. The van der Waals surface area contributed by atoms with Gasteiger partial charge in [-0.15, -0.1) is 0 Å². The summed E-state index contributed by atoms with van der Waals surface area (Å²) in [5, 5.41) is 12.0. The summed E-state index contributed by atoms with van der Waals surface area (Å²) in [5.74, 6) is -0.0213. The van der Waals surface area contributed by atoms with Crippen LogP contribution >= 0.6 is 0 Å². The van der Waals surface area contributed by atoms with Crippen LogP contribution in [0, 0.1) is 0 Å². The first-order valence-electron chi connectivity index (χ1n) is 8.36. The van der Waals surface area contributed by atoms with Gasteiger partial charge in [0.2, 0.25) is 11.7 Å². The minimum absolute atomic E-state index is 0.0997. The Morgan fingerprint density at radius 1 is 0.963 bits per heavy atom. The number of carboxylic acids is 1. The van der Waals surface area contributed by atoms with Gasteiger partial charge in [-0.25, -0.2) is 4.79 Å². The number of carbonyl (C=O) groups excluding carboxylic acids is 1. The lowest BCUT2D eigenvalue weighted by Gasteiger charge is -2.17. The van der Waals surface area contributed by atoms with E-state index in [4.69, 9.17) is 14.2 Å². The van der Waals surface area contributed by atoms with Gasteiger partial charge in [0.05, 0.1) is 21.3 Å². The zero-order chi connectivity index (χ0) is 19.8. The molecule has 1 atom stereocenters. The molecule has 2 aromatic carbocycles. The van der Waals surface area contributed by atoms with Crippen LogP contribution in [-0.2, 0) is 16.0 Å². The monoisotopic (exact) mass is 373 g/mol. The van der Waals surface area contributed by atoms with Gasteiger partial charge in [-0.05, 0) is 23.6 Å². The number of aliphatic carboxylic acids is 1. The highest BCUT2D eigenvalue weighted by Gasteiger charge is 2.22. The Hall–Kier alpha value is -3.22. The van der Waals surface area contributed by atoms with E-state index in [0.29, 0.717) is 29.2 Å². The maximum Gasteiger partial charge on any atom is 0.330 e. The second kappa shape index (κ2) is 9.47. The quantitative estimate of drug-likeness (QED) is 0.702. The number of hydrogen-bond donors (Lipinski definition) is 2. The van der Waals surface area contributed by atoms with Gasteiger partial charge in [-0.3, -0.25) is 4.79 Å². The van der Waals surface area contributed by atoms with E-state index in [9.17, 15) is 14.7 Å². The molecule has 7 heteroatoms. The van der Waals surface area contributed by atoms with Crippen LogP contribution in [0.25, 0.3) is 0 Å². The summed E-state index contributed by atoms with van der Waals surface area (Å²) in [4.78, 5) is 23.8. The van der Waals surface area contributed by atoms with Crippen molar-refractivity contribution in [2.45, 2.75) is 18.9 Å². The molecule has 2 rings (SSSR count). The number of ether oxygens (including phenoxy) is 3. The number of carboxylic acid groups (broad SMARTS) is 1. The standard InChI is InChI=1S/C20H23NO6/c1-25-15-11-9-14(18(26-2)19(15)27-3)10-12-16(22)21-17(20(23)24)13-7-5-4-6-8-13/h4-9,11,17H,10,12H2,1-3H3,(H,21,22)(H,23,24). The van der Waals surface area contributed by atoms with Crippen molar-refractivity contribution in [3.8, 4) is 17.2 Å². The molecule has 2 aromatic rings. The number of aryl methyl sites for hydroxylation is 1. The van der Waals surface area contributed by atoms with Crippen LogP contribution in [0.1, 0.15) is 23.6 Å². The number of rotatable bonds is 9. The molecule has 0 saturated carbocycles. The van der Waals surface area contributed by atoms with E-state index in [-0.39, 0.29) is 12.3 Å². The first-order chi connectivity index (χ1) is 13.0. The summed E-state index contributed by atoms with van der Waals surface area (Å²) in [6.07, 6.45) is 0.457. The van der Waals surface area contributed by atoms with E-state index in [2.05, 4.69) is 5.32 Å². The predicted molar refractivity (Wildman–Crippen MR) is 99.4 cm³/mol. The van der Waals surface area contributed by atoms with Crippen molar-refractivity contribution in [2.75, 3.05) is 21.3 Å². The van der Waals surface area contributed by atoms with Gasteiger partial charge in [0.25, 0.3) is 0 Å². The predicted octanol–water partition coefficient (Wildman–Crippen LogP) is 2.59. The van der Waals surface area contributed by atoms with Gasteiger partial charge in [-0.1, -0.05) is 36.4 Å². The molecule has 0 aromatic heterocycles. The molecular weight excluding hydrogens is 350 g/mol. The Morgan fingerprint density at radius 3 is 2.19 bits per heavy atom. The maximum atomic E-state index is 12.3. The van der Waals surface area contributed by atoms with Crippen molar-refractivity contribution in [3.05, 3.63) is 53.6 Å².